The molecule has 11 heteroatoms. The van der Waals surface area contributed by atoms with E-state index in [1.165, 1.54) is 0 Å². The monoisotopic (exact) mass is 421 g/mol. The molecule has 0 atom stereocenters. The number of nitrogens with one attached hydrogen (secondary N) is 1. The van der Waals surface area contributed by atoms with E-state index in [9.17, 15) is 18.0 Å². The van der Waals surface area contributed by atoms with Crippen molar-refractivity contribution in [1.29, 1.82) is 0 Å². The Morgan fingerprint density at radius 2 is 1.89 bits per heavy atom. The summed E-state index contributed by atoms with van der Waals surface area (Å²) in [6.45, 7) is 0.275. The number of amides is 1. The Morgan fingerprint density at radius 1 is 1.33 bits per heavy atom. The number of halogens is 5. The van der Waals surface area contributed by atoms with E-state index in [0.717, 1.165) is 16.8 Å². The molecule has 0 bridgehead atoms. The molecule has 27 heavy (non-hydrogen) atoms. The first-order valence-corrected chi connectivity index (χ1v) is 8.67. The van der Waals surface area contributed by atoms with Crippen LogP contribution < -0.4 is 16.8 Å². The first-order chi connectivity index (χ1) is 12.5. The van der Waals surface area contributed by atoms with Crippen LogP contribution in [0.3, 0.4) is 0 Å². The van der Waals surface area contributed by atoms with Gasteiger partial charge in [-0.1, -0.05) is 23.2 Å². The molecule has 0 saturated heterocycles. The second-order valence-electron chi connectivity index (χ2n) is 6.38. The maximum atomic E-state index is 13.0. The largest absolute Gasteiger partial charge is 0.416 e. The summed E-state index contributed by atoms with van der Waals surface area (Å²) in [7, 11) is 1.68. The summed E-state index contributed by atoms with van der Waals surface area (Å²) in [6, 6.07) is 1.50. The van der Waals surface area contributed by atoms with E-state index in [1.807, 2.05) is 0 Å². The summed E-state index contributed by atoms with van der Waals surface area (Å²) in [6.07, 6.45) is -3.57. The number of nitrogen functional groups attached to an aromatic ring is 1. The van der Waals surface area contributed by atoms with Crippen LogP contribution in [0.1, 0.15) is 29.7 Å². The van der Waals surface area contributed by atoms with Crippen LogP contribution in [0.2, 0.25) is 10.0 Å². The molecule has 1 aliphatic rings. The molecule has 146 valence electrons. The second kappa shape index (κ2) is 6.57. The van der Waals surface area contributed by atoms with Crippen molar-refractivity contribution < 1.29 is 18.0 Å². The molecule has 6 nitrogen and oxygen atoms in total. The van der Waals surface area contributed by atoms with Crippen molar-refractivity contribution in [2.24, 2.45) is 5.73 Å². The van der Waals surface area contributed by atoms with Crippen LogP contribution in [0.25, 0.3) is 5.69 Å². The fourth-order valence-corrected chi connectivity index (χ4v) is 3.78. The number of primary amides is 1. The van der Waals surface area contributed by atoms with Crippen LogP contribution in [-0.2, 0) is 22.9 Å². The third-order valence-electron chi connectivity index (χ3n) is 4.59. The lowest BCUT2D eigenvalue weighted by Gasteiger charge is -2.15. The molecule has 3 rings (SSSR count). The minimum Gasteiger partial charge on any atom is -0.383 e. The van der Waals surface area contributed by atoms with Gasteiger partial charge in [0, 0.05) is 12.1 Å². The lowest BCUT2D eigenvalue weighted by Crippen LogP contribution is -2.30. The average Bonchev–Trinajstić information content (AvgIpc) is 3.28. The Morgan fingerprint density at radius 3 is 2.30 bits per heavy atom. The molecule has 1 amide bonds. The van der Waals surface area contributed by atoms with E-state index in [-0.39, 0.29) is 28.1 Å². The van der Waals surface area contributed by atoms with Crippen LogP contribution in [0.15, 0.2) is 12.1 Å². The second-order valence-corrected chi connectivity index (χ2v) is 7.20. The number of aromatic nitrogens is 2. The fourth-order valence-electron chi connectivity index (χ4n) is 3.14. The molecular weight excluding hydrogens is 406 g/mol. The van der Waals surface area contributed by atoms with Gasteiger partial charge in [-0.15, -0.1) is 0 Å². The highest BCUT2D eigenvalue weighted by molar-refractivity contribution is 6.38. The SMILES string of the molecule is CNCc1nn(-c2c(Cl)cc(C(F)(F)F)cc2Cl)c(N)c1C1(C(N)=O)CC1. The summed E-state index contributed by atoms with van der Waals surface area (Å²) in [5, 5.41) is 6.72. The van der Waals surface area contributed by atoms with Crippen LogP contribution in [0.4, 0.5) is 19.0 Å². The number of hydrogen-bond donors (Lipinski definition) is 3. The van der Waals surface area contributed by atoms with Gasteiger partial charge >= 0.3 is 6.18 Å². The molecule has 1 saturated carbocycles. The molecule has 0 spiro atoms. The van der Waals surface area contributed by atoms with E-state index in [1.54, 1.807) is 7.05 Å². The summed E-state index contributed by atoms with van der Waals surface area (Å²) < 4.78 is 40.0. The van der Waals surface area contributed by atoms with Gasteiger partial charge in [0.05, 0.1) is 26.7 Å². The predicted octanol–water partition coefficient (Wildman–Crippen LogP) is 3.02. The number of alkyl halides is 3. The van der Waals surface area contributed by atoms with Gasteiger partial charge in [0.15, 0.2) is 0 Å². The molecule has 1 aromatic heterocycles. The highest BCUT2D eigenvalue weighted by atomic mass is 35.5. The van der Waals surface area contributed by atoms with Gasteiger partial charge < -0.3 is 16.8 Å². The molecule has 0 unspecified atom stereocenters. The zero-order chi connectivity index (χ0) is 20.1. The number of nitrogens with zero attached hydrogens (tertiary/aromatic N) is 2. The first-order valence-electron chi connectivity index (χ1n) is 7.92. The highest BCUT2D eigenvalue weighted by Crippen LogP contribution is 2.52. The molecule has 1 fully saturated rings. The molecular formula is C16H16Cl2F3N5O. The van der Waals surface area contributed by atoms with Gasteiger partial charge in [-0.25, -0.2) is 4.68 Å². The molecule has 1 aromatic carbocycles. The fraction of sp³-hybridized carbons (Fsp3) is 0.375. The van der Waals surface area contributed by atoms with E-state index in [0.29, 0.717) is 24.1 Å². The molecule has 1 heterocycles. The lowest BCUT2D eigenvalue weighted by atomic mass is 9.94. The Hall–Kier alpha value is -1.97. The van der Waals surface area contributed by atoms with E-state index >= 15 is 0 Å². The minimum absolute atomic E-state index is 0.00714. The number of carbonyl (C=O) groups is 1. The number of benzene rings is 1. The Labute approximate surface area is 162 Å². The normalized spacial score (nSPS) is 15.8. The van der Waals surface area contributed by atoms with Crippen LogP contribution >= 0.6 is 23.2 Å². The van der Waals surface area contributed by atoms with Crippen LogP contribution in [0.5, 0.6) is 0 Å². The quantitative estimate of drug-likeness (QED) is 0.690. The topological polar surface area (TPSA) is 99.0 Å². The van der Waals surface area contributed by atoms with Gasteiger partial charge in [-0.3, -0.25) is 4.79 Å². The van der Waals surface area contributed by atoms with Crippen molar-refractivity contribution in [3.63, 3.8) is 0 Å². The minimum atomic E-state index is -4.60. The average molecular weight is 422 g/mol. The highest BCUT2D eigenvalue weighted by Gasteiger charge is 2.54. The van der Waals surface area contributed by atoms with Crippen molar-refractivity contribution in [3.05, 3.63) is 39.0 Å². The zero-order valence-electron chi connectivity index (χ0n) is 14.1. The molecule has 2 aromatic rings. The Balaban J connectivity index is 2.21. The van der Waals surface area contributed by atoms with Crippen LogP contribution in [0, 0.1) is 0 Å². The third kappa shape index (κ3) is 3.24. The zero-order valence-corrected chi connectivity index (χ0v) is 15.6. The number of nitrogens with two attached hydrogens (primary N) is 2. The number of carbonyl (C=O) groups excluding carboxylic acids is 1. The van der Waals surface area contributed by atoms with Crippen molar-refractivity contribution in [1.82, 2.24) is 15.1 Å². The summed E-state index contributed by atoms with van der Waals surface area (Å²) in [5.74, 6) is -0.462. The van der Waals surface area contributed by atoms with E-state index < -0.39 is 23.1 Å². The first kappa shape index (κ1) is 19.8. The maximum absolute atomic E-state index is 13.0. The van der Waals surface area contributed by atoms with Crippen molar-refractivity contribution in [2.45, 2.75) is 31.0 Å². The van der Waals surface area contributed by atoms with Gasteiger partial charge in [0.2, 0.25) is 5.91 Å². The van der Waals surface area contributed by atoms with Gasteiger partial charge in [0.25, 0.3) is 0 Å². The smallest absolute Gasteiger partial charge is 0.383 e. The number of rotatable bonds is 5. The molecule has 5 N–H and O–H groups in total. The van der Waals surface area contributed by atoms with Gasteiger partial charge in [-0.05, 0) is 32.0 Å². The summed E-state index contributed by atoms with van der Waals surface area (Å²) >= 11 is 12.1. The van der Waals surface area contributed by atoms with Crippen LogP contribution in [-0.4, -0.2) is 22.7 Å². The van der Waals surface area contributed by atoms with Crippen molar-refractivity contribution in [2.75, 3.05) is 12.8 Å². The van der Waals surface area contributed by atoms with E-state index in [4.69, 9.17) is 34.7 Å². The molecule has 0 aliphatic heterocycles. The standard InChI is InChI=1S/C16H16Cl2F3N5O/c1-24-6-10-11(15(2-3-15)14(23)27)13(22)26(25-10)12-8(17)4-7(5-9(12)18)16(19,20)21/h4-5,24H,2-3,6,22H2,1H3,(H2,23,27). The third-order valence-corrected chi connectivity index (χ3v) is 5.17. The molecule has 1 aliphatic carbocycles. The van der Waals surface area contributed by atoms with Gasteiger partial charge in [0.1, 0.15) is 11.5 Å². The Kier molecular flexibility index (Phi) is 4.82. The maximum Gasteiger partial charge on any atom is 0.416 e. The van der Waals surface area contributed by atoms with Crippen molar-refractivity contribution >= 4 is 34.9 Å². The predicted molar refractivity (Wildman–Crippen MR) is 95.9 cm³/mol. The Bertz CT molecular complexity index is 899. The molecule has 0 radical (unpaired) electrons. The number of anilines is 1. The van der Waals surface area contributed by atoms with Crippen molar-refractivity contribution in [3.8, 4) is 5.69 Å². The lowest BCUT2D eigenvalue weighted by molar-refractivity contribution is -0.137. The summed E-state index contributed by atoms with van der Waals surface area (Å²) in [5.41, 5.74) is 10.8. The summed E-state index contributed by atoms with van der Waals surface area (Å²) in [4.78, 5) is 12.0. The van der Waals surface area contributed by atoms with Gasteiger partial charge in [-0.2, -0.15) is 18.3 Å². The number of hydrogen-bond acceptors (Lipinski definition) is 4. The van der Waals surface area contributed by atoms with E-state index in [2.05, 4.69) is 10.4 Å².